The van der Waals surface area contributed by atoms with Gasteiger partial charge < -0.3 is 10.6 Å². The fourth-order valence-corrected chi connectivity index (χ4v) is 5.82. The van der Waals surface area contributed by atoms with E-state index in [0.29, 0.717) is 0 Å². The lowest BCUT2D eigenvalue weighted by Crippen LogP contribution is -2.20. The largest absolute Gasteiger partial charge is 0.323 e. The summed E-state index contributed by atoms with van der Waals surface area (Å²) >= 11 is 0. The Morgan fingerprint density at radius 2 is 0.800 bits per heavy atom. The number of hydrogen-bond acceptors (Lipinski definition) is 9. The second-order valence-corrected chi connectivity index (χ2v) is 13.9. The molecule has 212 valence electrons. The molecular weight excluding hydrogens is 617 g/mol. The molecule has 0 fully saturated rings. The molecule has 2 amide bonds. The van der Waals surface area contributed by atoms with E-state index in [1.807, 2.05) is 0 Å². The van der Waals surface area contributed by atoms with Gasteiger partial charge in [-0.25, -0.2) is 4.79 Å². The zero-order chi connectivity index (χ0) is 29.8. The van der Waals surface area contributed by atoms with Gasteiger partial charge in [0, 0.05) is 10.8 Å². The fraction of sp³-hybridized carbons (Fsp3) is 0. The van der Waals surface area contributed by atoms with Gasteiger partial charge in [-0.3, -0.25) is 18.2 Å². The molecular formula is C21H16N2O13S4. The number of anilines is 2. The molecule has 0 spiro atoms. The first kappa shape index (κ1) is 29.3. The lowest BCUT2D eigenvalue weighted by molar-refractivity contribution is 0.262. The maximum atomic E-state index is 13.0. The Morgan fingerprint density at radius 1 is 0.475 bits per heavy atom. The SMILES string of the molecule is O=C(Nc1cc(S(=O)(=O)O)cc2ccc(S(=O)(=O)O)cc12)Nc1cc(S(=O)(=O)O)cc2ccc(S(=O)(=O)O)cc12. The van der Waals surface area contributed by atoms with Crippen LogP contribution in [0.1, 0.15) is 0 Å². The van der Waals surface area contributed by atoms with Crippen molar-refractivity contribution >= 4 is 79.4 Å². The molecule has 19 heteroatoms. The zero-order valence-electron chi connectivity index (χ0n) is 19.4. The molecule has 0 aliphatic heterocycles. The number of carbonyl (C=O) groups is 1. The average molecular weight is 633 g/mol. The lowest BCUT2D eigenvalue weighted by Gasteiger charge is -2.15. The summed E-state index contributed by atoms with van der Waals surface area (Å²) < 4.78 is 131. The maximum Gasteiger partial charge on any atom is 0.323 e. The van der Waals surface area contributed by atoms with Crippen molar-refractivity contribution in [2.45, 2.75) is 19.6 Å². The molecule has 4 aromatic carbocycles. The van der Waals surface area contributed by atoms with Crippen molar-refractivity contribution in [3.63, 3.8) is 0 Å². The predicted molar refractivity (Wildman–Crippen MR) is 140 cm³/mol. The van der Waals surface area contributed by atoms with Crippen molar-refractivity contribution in [2.24, 2.45) is 0 Å². The van der Waals surface area contributed by atoms with Crippen LogP contribution in [0, 0.1) is 0 Å². The Bertz CT molecular complexity index is 2020. The standard InChI is InChI=1S/C21H16N2O13S4/c24-21(22-19-9-15(39(31,32)33)5-11-1-3-13(7-17(11)19)37(25,26)27)23-20-10-16(40(34,35)36)6-12-2-4-14(8-18(12)20)38(28,29)30/h1-10H,(H2,22,23,24)(H,25,26,27)(H,28,29,30)(H,31,32,33)(H,34,35,36). The lowest BCUT2D eigenvalue weighted by atomic mass is 10.1. The van der Waals surface area contributed by atoms with E-state index in [1.54, 1.807) is 0 Å². The number of urea groups is 1. The van der Waals surface area contributed by atoms with Crippen molar-refractivity contribution < 1.29 is 56.7 Å². The molecule has 40 heavy (non-hydrogen) atoms. The Balaban J connectivity index is 1.87. The number of nitrogens with one attached hydrogen (secondary N) is 2. The summed E-state index contributed by atoms with van der Waals surface area (Å²) in [7, 11) is -19.1. The minimum Gasteiger partial charge on any atom is -0.307 e. The van der Waals surface area contributed by atoms with Crippen LogP contribution in [0.2, 0.25) is 0 Å². The summed E-state index contributed by atoms with van der Waals surface area (Å²) in [4.78, 5) is 10.3. The molecule has 0 aromatic heterocycles. The summed E-state index contributed by atoms with van der Waals surface area (Å²) in [5, 5.41) is 4.22. The van der Waals surface area contributed by atoms with Gasteiger partial charge in [0.15, 0.2) is 0 Å². The highest BCUT2D eigenvalue weighted by Gasteiger charge is 2.20. The molecule has 0 saturated heterocycles. The third-order valence-electron chi connectivity index (χ3n) is 5.49. The number of rotatable bonds is 6. The summed E-state index contributed by atoms with van der Waals surface area (Å²) in [6.07, 6.45) is 0. The van der Waals surface area contributed by atoms with Gasteiger partial charge in [-0.2, -0.15) is 33.7 Å². The van der Waals surface area contributed by atoms with Crippen LogP contribution in [0.5, 0.6) is 0 Å². The van der Waals surface area contributed by atoms with Crippen LogP contribution in [-0.4, -0.2) is 57.9 Å². The van der Waals surface area contributed by atoms with Crippen molar-refractivity contribution in [1.82, 2.24) is 0 Å². The van der Waals surface area contributed by atoms with Gasteiger partial charge in [0.2, 0.25) is 0 Å². The average Bonchev–Trinajstić information content (AvgIpc) is 2.81. The molecule has 4 aromatic rings. The maximum absolute atomic E-state index is 13.0. The minimum atomic E-state index is -4.83. The van der Waals surface area contributed by atoms with Gasteiger partial charge >= 0.3 is 6.03 Å². The van der Waals surface area contributed by atoms with E-state index in [0.717, 1.165) is 60.7 Å². The molecule has 0 saturated carbocycles. The van der Waals surface area contributed by atoms with Crippen molar-refractivity contribution in [2.75, 3.05) is 10.6 Å². The number of fused-ring (bicyclic) bond motifs is 2. The van der Waals surface area contributed by atoms with Crippen LogP contribution in [0.4, 0.5) is 16.2 Å². The van der Waals surface area contributed by atoms with E-state index in [9.17, 15) is 56.7 Å². The Morgan fingerprint density at radius 3 is 1.10 bits per heavy atom. The van der Waals surface area contributed by atoms with Crippen molar-refractivity contribution in [3.8, 4) is 0 Å². The molecule has 0 atom stereocenters. The smallest absolute Gasteiger partial charge is 0.307 e. The molecule has 0 unspecified atom stereocenters. The molecule has 15 nitrogen and oxygen atoms in total. The number of hydrogen-bond donors (Lipinski definition) is 6. The topological polar surface area (TPSA) is 259 Å². The molecule has 0 heterocycles. The minimum absolute atomic E-state index is 0.00874. The summed E-state index contributed by atoms with van der Waals surface area (Å²) in [6, 6.07) is 8.13. The summed E-state index contributed by atoms with van der Waals surface area (Å²) in [5.41, 5.74) is -0.774. The van der Waals surface area contributed by atoms with E-state index >= 15 is 0 Å². The predicted octanol–water partition coefficient (Wildman–Crippen LogP) is 2.62. The van der Waals surface area contributed by atoms with Crippen LogP contribution >= 0.6 is 0 Å². The second-order valence-electron chi connectivity index (χ2n) is 8.19. The number of carbonyl (C=O) groups excluding carboxylic acids is 1. The third kappa shape index (κ3) is 6.21. The Labute approximate surface area is 226 Å². The highest BCUT2D eigenvalue weighted by molar-refractivity contribution is 7.86. The first-order valence-corrected chi connectivity index (χ1v) is 16.1. The molecule has 0 bridgehead atoms. The highest BCUT2D eigenvalue weighted by Crippen LogP contribution is 2.32. The van der Waals surface area contributed by atoms with Crippen molar-refractivity contribution in [3.05, 3.63) is 60.7 Å². The van der Waals surface area contributed by atoms with Crippen molar-refractivity contribution in [1.29, 1.82) is 0 Å². The van der Waals surface area contributed by atoms with E-state index in [1.165, 1.54) is 0 Å². The van der Waals surface area contributed by atoms with Gasteiger partial charge in [-0.1, -0.05) is 12.1 Å². The molecule has 6 N–H and O–H groups in total. The first-order valence-electron chi connectivity index (χ1n) is 10.4. The Kier molecular flexibility index (Phi) is 7.14. The summed E-state index contributed by atoms with van der Waals surface area (Å²) in [6.45, 7) is 0. The van der Waals surface area contributed by atoms with Gasteiger partial charge in [0.1, 0.15) is 0 Å². The fourth-order valence-electron chi connectivity index (χ4n) is 3.72. The number of amides is 2. The molecule has 0 aliphatic rings. The van der Waals surface area contributed by atoms with Crippen LogP contribution in [0.25, 0.3) is 21.5 Å². The quantitative estimate of drug-likeness (QED) is 0.167. The second kappa shape index (κ2) is 9.74. The van der Waals surface area contributed by atoms with E-state index in [4.69, 9.17) is 0 Å². The normalized spacial score (nSPS) is 12.9. The van der Waals surface area contributed by atoms with Gasteiger partial charge in [-0.15, -0.1) is 0 Å². The summed E-state index contributed by atoms with van der Waals surface area (Å²) in [5.74, 6) is 0. The zero-order valence-corrected chi connectivity index (χ0v) is 22.6. The van der Waals surface area contributed by atoms with E-state index in [2.05, 4.69) is 10.6 Å². The van der Waals surface area contributed by atoms with Gasteiger partial charge in [0.05, 0.1) is 31.0 Å². The molecule has 4 rings (SSSR count). The van der Waals surface area contributed by atoms with E-state index in [-0.39, 0.29) is 32.9 Å². The molecule has 0 radical (unpaired) electrons. The van der Waals surface area contributed by atoms with Crippen LogP contribution in [0.3, 0.4) is 0 Å². The van der Waals surface area contributed by atoms with Crippen LogP contribution < -0.4 is 10.6 Å². The molecule has 0 aliphatic carbocycles. The first-order chi connectivity index (χ1) is 18.2. The van der Waals surface area contributed by atoms with Gasteiger partial charge in [-0.05, 0) is 59.3 Å². The third-order valence-corrected chi connectivity index (χ3v) is 8.85. The Hall–Kier alpha value is -3.69. The highest BCUT2D eigenvalue weighted by atomic mass is 32.2. The monoisotopic (exact) mass is 632 g/mol. The van der Waals surface area contributed by atoms with Crippen LogP contribution in [0.15, 0.2) is 80.2 Å². The number of benzene rings is 4. The van der Waals surface area contributed by atoms with Gasteiger partial charge in [0.25, 0.3) is 40.5 Å². The van der Waals surface area contributed by atoms with E-state index < -0.39 is 66.1 Å². The van der Waals surface area contributed by atoms with Crippen LogP contribution in [-0.2, 0) is 40.5 Å².